The van der Waals surface area contributed by atoms with E-state index in [0.717, 1.165) is 16.7 Å². The predicted octanol–water partition coefficient (Wildman–Crippen LogP) is 3.28. The maximum atomic E-state index is 12.0. The van der Waals surface area contributed by atoms with Gasteiger partial charge in [0, 0.05) is 27.3 Å². The van der Waals surface area contributed by atoms with Gasteiger partial charge in [-0.1, -0.05) is 48.0 Å². The molecule has 2 aromatic carbocycles. The van der Waals surface area contributed by atoms with Crippen molar-refractivity contribution in [2.45, 2.75) is 18.1 Å². The molecule has 0 bridgehead atoms. The van der Waals surface area contributed by atoms with E-state index in [4.69, 9.17) is 16.7 Å². The van der Waals surface area contributed by atoms with Crippen LogP contribution in [-0.2, 0) is 28.9 Å². The monoisotopic (exact) mass is 294 g/mol. The van der Waals surface area contributed by atoms with Crippen LogP contribution in [0, 0.1) is 0 Å². The van der Waals surface area contributed by atoms with E-state index in [1.807, 2.05) is 48.5 Å². The predicted molar refractivity (Wildman–Crippen MR) is 79.4 cm³/mol. The Morgan fingerprint density at radius 3 is 1.74 bits per heavy atom. The molecule has 0 spiro atoms. The average Bonchev–Trinajstić information content (AvgIpc) is 2.42. The average molecular weight is 295 g/mol. The molecule has 2 nitrogen and oxygen atoms in total. The number of benzene rings is 2. The molecule has 0 saturated heterocycles. The Bertz CT molecular complexity index is 549. The van der Waals surface area contributed by atoms with Crippen LogP contribution in [0.4, 0.5) is 0 Å². The first-order chi connectivity index (χ1) is 9.17. The highest BCUT2D eigenvalue weighted by molar-refractivity contribution is 7.83. The summed E-state index contributed by atoms with van der Waals surface area (Å²) in [5.74, 6) is 1.05. The van der Waals surface area contributed by atoms with Crippen LogP contribution < -0.4 is 0 Å². The first-order valence-corrected chi connectivity index (χ1v) is 7.82. The summed E-state index contributed by atoms with van der Waals surface area (Å²) in [6.07, 6.45) is 0. The highest BCUT2D eigenvalue weighted by Gasteiger charge is 2.04. The van der Waals surface area contributed by atoms with Gasteiger partial charge in [0.1, 0.15) is 0 Å². The van der Waals surface area contributed by atoms with Gasteiger partial charge >= 0.3 is 0 Å². The molecule has 0 aliphatic carbocycles. The molecule has 1 atom stereocenters. The van der Waals surface area contributed by atoms with Gasteiger partial charge in [0.2, 0.25) is 0 Å². The molecule has 0 radical (unpaired) electrons. The van der Waals surface area contributed by atoms with Crippen LogP contribution in [0.25, 0.3) is 0 Å². The van der Waals surface area contributed by atoms with Gasteiger partial charge in [-0.3, -0.25) is 4.21 Å². The molecular formula is C15H15ClO2S. The second kappa shape index (κ2) is 6.85. The van der Waals surface area contributed by atoms with E-state index in [1.165, 1.54) is 0 Å². The molecule has 0 fully saturated rings. The third kappa shape index (κ3) is 4.46. The lowest BCUT2D eigenvalue weighted by molar-refractivity contribution is 0.282. The van der Waals surface area contributed by atoms with Gasteiger partial charge in [-0.25, -0.2) is 0 Å². The Hall–Kier alpha value is -1.16. The minimum absolute atomic E-state index is 0.0359. The lowest BCUT2D eigenvalue weighted by atomic mass is 10.2. The summed E-state index contributed by atoms with van der Waals surface area (Å²) < 4.78 is 12.0. The molecule has 0 saturated carbocycles. The second-order valence-corrected chi connectivity index (χ2v) is 6.22. The Morgan fingerprint density at radius 1 is 0.842 bits per heavy atom. The Balaban J connectivity index is 1.95. The van der Waals surface area contributed by atoms with Crippen molar-refractivity contribution in [2.24, 2.45) is 0 Å². The fourth-order valence-electron chi connectivity index (χ4n) is 1.74. The number of hydrogen-bond donors (Lipinski definition) is 1. The number of hydrogen-bond acceptors (Lipinski definition) is 2. The molecule has 0 aromatic heterocycles. The molecule has 1 unspecified atom stereocenters. The Kier molecular flexibility index (Phi) is 5.14. The standard InChI is InChI=1S/C15H15ClO2S/c16-15-7-5-14(6-8-15)11-19(18)10-13-3-1-12(9-17)2-4-13/h1-8,17H,9-11H2. The Morgan fingerprint density at radius 2 is 1.26 bits per heavy atom. The third-order valence-electron chi connectivity index (χ3n) is 2.77. The van der Waals surface area contributed by atoms with E-state index >= 15 is 0 Å². The molecule has 19 heavy (non-hydrogen) atoms. The van der Waals surface area contributed by atoms with Crippen molar-refractivity contribution in [2.75, 3.05) is 0 Å². The van der Waals surface area contributed by atoms with E-state index < -0.39 is 10.8 Å². The zero-order chi connectivity index (χ0) is 13.7. The summed E-state index contributed by atoms with van der Waals surface area (Å²) in [6, 6.07) is 14.9. The van der Waals surface area contributed by atoms with Crippen molar-refractivity contribution in [3.63, 3.8) is 0 Å². The minimum atomic E-state index is -0.943. The van der Waals surface area contributed by atoms with Gasteiger partial charge in [-0.2, -0.15) is 0 Å². The largest absolute Gasteiger partial charge is 0.392 e. The van der Waals surface area contributed by atoms with E-state index in [9.17, 15) is 4.21 Å². The van der Waals surface area contributed by atoms with E-state index in [-0.39, 0.29) is 6.61 Å². The van der Waals surface area contributed by atoms with Crippen LogP contribution in [-0.4, -0.2) is 9.32 Å². The number of aliphatic hydroxyl groups is 1. The molecule has 0 aliphatic heterocycles. The fourth-order valence-corrected chi connectivity index (χ4v) is 3.10. The maximum Gasteiger partial charge on any atom is 0.0681 e. The summed E-state index contributed by atoms with van der Waals surface area (Å²) in [5.41, 5.74) is 2.91. The molecule has 1 N–H and O–H groups in total. The molecule has 0 heterocycles. The lowest BCUT2D eigenvalue weighted by Crippen LogP contribution is -1.99. The molecule has 0 aliphatic rings. The van der Waals surface area contributed by atoms with Gasteiger partial charge in [-0.05, 0) is 28.8 Å². The highest BCUT2D eigenvalue weighted by Crippen LogP contribution is 2.13. The van der Waals surface area contributed by atoms with Crippen LogP contribution in [0.2, 0.25) is 5.02 Å². The molecular weight excluding hydrogens is 280 g/mol. The minimum Gasteiger partial charge on any atom is -0.392 e. The van der Waals surface area contributed by atoms with Gasteiger partial charge in [-0.15, -0.1) is 0 Å². The van der Waals surface area contributed by atoms with Crippen LogP contribution >= 0.6 is 11.6 Å². The summed E-state index contributed by atoms with van der Waals surface area (Å²) in [7, 11) is -0.943. The fraction of sp³-hybridized carbons (Fsp3) is 0.200. The summed E-state index contributed by atoms with van der Waals surface area (Å²) in [4.78, 5) is 0. The van der Waals surface area contributed by atoms with Gasteiger partial charge in [0.25, 0.3) is 0 Å². The zero-order valence-corrected chi connectivity index (χ0v) is 12.0. The van der Waals surface area contributed by atoms with Crippen molar-refractivity contribution in [3.8, 4) is 0 Å². The molecule has 2 aromatic rings. The molecule has 0 amide bonds. The van der Waals surface area contributed by atoms with E-state index in [0.29, 0.717) is 16.5 Å². The lowest BCUT2D eigenvalue weighted by Gasteiger charge is -2.04. The molecule has 100 valence electrons. The summed E-state index contributed by atoms with van der Waals surface area (Å²) in [6.45, 7) is 0.0359. The highest BCUT2D eigenvalue weighted by atomic mass is 35.5. The van der Waals surface area contributed by atoms with E-state index in [2.05, 4.69) is 0 Å². The van der Waals surface area contributed by atoms with Crippen LogP contribution in [0.5, 0.6) is 0 Å². The van der Waals surface area contributed by atoms with Crippen molar-refractivity contribution in [1.29, 1.82) is 0 Å². The van der Waals surface area contributed by atoms with Gasteiger partial charge in [0.05, 0.1) is 6.61 Å². The van der Waals surface area contributed by atoms with Gasteiger partial charge < -0.3 is 5.11 Å². The Labute approximate surface area is 120 Å². The van der Waals surface area contributed by atoms with Crippen molar-refractivity contribution in [3.05, 3.63) is 70.2 Å². The third-order valence-corrected chi connectivity index (χ3v) is 4.34. The second-order valence-electron chi connectivity index (χ2n) is 4.33. The molecule has 2 rings (SSSR count). The van der Waals surface area contributed by atoms with Crippen LogP contribution in [0.1, 0.15) is 16.7 Å². The van der Waals surface area contributed by atoms with Crippen molar-refractivity contribution >= 4 is 22.4 Å². The van der Waals surface area contributed by atoms with Crippen LogP contribution in [0.3, 0.4) is 0 Å². The molecule has 4 heteroatoms. The maximum absolute atomic E-state index is 12.0. The topological polar surface area (TPSA) is 37.3 Å². The first kappa shape index (κ1) is 14.3. The van der Waals surface area contributed by atoms with Crippen molar-refractivity contribution < 1.29 is 9.32 Å². The van der Waals surface area contributed by atoms with Crippen molar-refractivity contribution in [1.82, 2.24) is 0 Å². The SMILES string of the molecule is O=S(Cc1ccc(Cl)cc1)Cc1ccc(CO)cc1. The number of rotatable bonds is 5. The number of aliphatic hydroxyl groups excluding tert-OH is 1. The smallest absolute Gasteiger partial charge is 0.0681 e. The number of halogens is 1. The normalized spacial score (nSPS) is 12.3. The first-order valence-electron chi connectivity index (χ1n) is 5.95. The van der Waals surface area contributed by atoms with Crippen LogP contribution in [0.15, 0.2) is 48.5 Å². The zero-order valence-electron chi connectivity index (χ0n) is 10.4. The van der Waals surface area contributed by atoms with E-state index in [1.54, 1.807) is 0 Å². The quantitative estimate of drug-likeness (QED) is 0.919. The summed E-state index contributed by atoms with van der Waals surface area (Å²) >= 11 is 5.81. The van der Waals surface area contributed by atoms with Gasteiger partial charge in [0.15, 0.2) is 0 Å². The summed E-state index contributed by atoms with van der Waals surface area (Å²) in [5, 5.41) is 9.65.